The van der Waals surface area contributed by atoms with Crippen LogP contribution < -0.4 is 5.32 Å². The van der Waals surface area contributed by atoms with Crippen LogP contribution in [0, 0.1) is 0 Å². The van der Waals surface area contributed by atoms with Gasteiger partial charge in [0, 0.05) is 25.7 Å². The van der Waals surface area contributed by atoms with E-state index in [9.17, 15) is 4.79 Å². The van der Waals surface area contributed by atoms with E-state index in [1.54, 1.807) is 0 Å². The number of likely N-dealkylation sites (N-methyl/N-ethyl adjacent to an activating group) is 2. The molecular weight excluding hydrogens is 262 g/mol. The average molecular weight is 289 g/mol. The van der Waals surface area contributed by atoms with Crippen molar-refractivity contribution in [2.45, 2.75) is 32.9 Å². The van der Waals surface area contributed by atoms with Gasteiger partial charge in [-0.05, 0) is 45.0 Å². The number of carbonyl (C=O) groups is 1. The van der Waals surface area contributed by atoms with Crippen LogP contribution in [0.4, 0.5) is 0 Å². The summed E-state index contributed by atoms with van der Waals surface area (Å²) in [5, 5.41) is 3.46. The van der Waals surface area contributed by atoms with Crippen molar-refractivity contribution >= 4 is 5.91 Å². The molecule has 1 aliphatic rings. The first-order chi connectivity index (χ1) is 10.2. The summed E-state index contributed by atoms with van der Waals surface area (Å²) in [6.45, 7) is 8.03. The molecule has 4 heteroatoms. The van der Waals surface area contributed by atoms with Gasteiger partial charge in [-0.2, -0.15) is 0 Å². The third-order valence-electron chi connectivity index (χ3n) is 4.36. The van der Waals surface area contributed by atoms with Crippen LogP contribution in [-0.2, 0) is 11.3 Å². The van der Waals surface area contributed by atoms with Crippen molar-refractivity contribution in [1.29, 1.82) is 0 Å². The number of nitrogens with one attached hydrogen (secondary N) is 1. The van der Waals surface area contributed by atoms with E-state index < -0.39 is 0 Å². The van der Waals surface area contributed by atoms with E-state index >= 15 is 0 Å². The maximum absolute atomic E-state index is 12.3. The molecule has 4 nitrogen and oxygen atoms in total. The van der Waals surface area contributed by atoms with Gasteiger partial charge in [-0.3, -0.25) is 9.69 Å². The summed E-state index contributed by atoms with van der Waals surface area (Å²) in [5.74, 6) is 0.220. The zero-order valence-electron chi connectivity index (χ0n) is 13.4. The molecule has 2 rings (SSSR count). The molecule has 1 amide bonds. The molecule has 21 heavy (non-hydrogen) atoms. The first kappa shape index (κ1) is 16.0. The zero-order valence-corrected chi connectivity index (χ0v) is 13.4. The second-order valence-electron chi connectivity index (χ2n) is 5.66. The summed E-state index contributed by atoms with van der Waals surface area (Å²) in [6, 6.07) is 8.88. The molecule has 1 N–H and O–H groups in total. The molecule has 1 aromatic rings. The maximum Gasteiger partial charge on any atom is 0.236 e. The van der Waals surface area contributed by atoms with Crippen LogP contribution in [0.3, 0.4) is 0 Å². The van der Waals surface area contributed by atoms with E-state index in [4.69, 9.17) is 0 Å². The number of benzene rings is 1. The first-order valence-electron chi connectivity index (χ1n) is 7.93. The van der Waals surface area contributed by atoms with Crippen molar-refractivity contribution in [3.05, 3.63) is 35.4 Å². The minimum absolute atomic E-state index is 0.220. The molecule has 1 aromatic carbocycles. The molecule has 1 heterocycles. The molecule has 116 valence electrons. The summed E-state index contributed by atoms with van der Waals surface area (Å²) in [5.41, 5.74) is 2.71. The van der Waals surface area contributed by atoms with Gasteiger partial charge in [0.15, 0.2) is 0 Å². The minimum Gasteiger partial charge on any atom is -0.342 e. The van der Waals surface area contributed by atoms with E-state index in [0.29, 0.717) is 12.6 Å². The van der Waals surface area contributed by atoms with E-state index in [0.717, 1.165) is 32.6 Å². The number of amides is 1. The molecule has 0 bridgehead atoms. The van der Waals surface area contributed by atoms with E-state index in [-0.39, 0.29) is 5.91 Å². The summed E-state index contributed by atoms with van der Waals surface area (Å²) < 4.78 is 0. The van der Waals surface area contributed by atoms with Gasteiger partial charge in [-0.25, -0.2) is 0 Å². The highest BCUT2D eigenvalue weighted by atomic mass is 16.2. The Balaban J connectivity index is 2.11. The molecule has 0 radical (unpaired) electrons. The van der Waals surface area contributed by atoms with Crippen molar-refractivity contribution in [2.24, 2.45) is 0 Å². The second-order valence-corrected chi connectivity index (χ2v) is 5.66. The molecule has 1 unspecified atom stereocenters. The number of nitrogens with zero attached hydrogens (tertiary/aromatic N) is 2. The molecule has 0 saturated carbocycles. The second kappa shape index (κ2) is 7.57. The van der Waals surface area contributed by atoms with Gasteiger partial charge in [-0.15, -0.1) is 0 Å². The van der Waals surface area contributed by atoms with Crippen molar-refractivity contribution in [2.75, 3.05) is 33.2 Å². The highest BCUT2D eigenvalue weighted by Gasteiger charge is 2.24. The number of rotatable bonds is 5. The molecule has 0 aliphatic carbocycles. The van der Waals surface area contributed by atoms with Crippen LogP contribution in [0.25, 0.3) is 0 Å². The summed E-state index contributed by atoms with van der Waals surface area (Å²) >= 11 is 0. The van der Waals surface area contributed by atoms with Gasteiger partial charge >= 0.3 is 0 Å². The van der Waals surface area contributed by atoms with Crippen molar-refractivity contribution < 1.29 is 4.79 Å². The Hall–Kier alpha value is -1.39. The molecule has 0 spiro atoms. The van der Waals surface area contributed by atoms with Crippen molar-refractivity contribution in [3.63, 3.8) is 0 Å². The van der Waals surface area contributed by atoms with Gasteiger partial charge in [-0.1, -0.05) is 24.3 Å². The Morgan fingerprint density at radius 2 is 2.00 bits per heavy atom. The number of hydrogen-bond donors (Lipinski definition) is 1. The Morgan fingerprint density at radius 3 is 2.71 bits per heavy atom. The normalized spacial score (nSPS) is 18.2. The molecular formula is C17H27N3O. The maximum atomic E-state index is 12.3. The first-order valence-corrected chi connectivity index (χ1v) is 7.93. The predicted molar refractivity (Wildman–Crippen MR) is 86.1 cm³/mol. The van der Waals surface area contributed by atoms with Crippen LogP contribution in [0.15, 0.2) is 24.3 Å². The van der Waals surface area contributed by atoms with Crippen LogP contribution in [0.2, 0.25) is 0 Å². The number of fused-ring (bicyclic) bond motifs is 1. The standard InChI is InChI=1S/C17H27N3O/c1-4-20(5-2)17(21)13-19(3)16-10-11-18-12-14-8-6-7-9-15(14)16/h6-9,16,18H,4-5,10-13H2,1-3H3. The Labute approximate surface area is 128 Å². The van der Waals surface area contributed by atoms with Crippen LogP contribution in [-0.4, -0.2) is 48.9 Å². The largest absolute Gasteiger partial charge is 0.342 e. The van der Waals surface area contributed by atoms with E-state index in [1.165, 1.54) is 11.1 Å². The van der Waals surface area contributed by atoms with E-state index in [2.05, 4.69) is 41.5 Å². The quantitative estimate of drug-likeness (QED) is 0.901. The molecule has 0 fully saturated rings. The Kier molecular flexibility index (Phi) is 5.76. The number of carbonyl (C=O) groups excluding carboxylic acids is 1. The van der Waals surface area contributed by atoms with Gasteiger partial charge in [0.05, 0.1) is 6.54 Å². The van der Waals surface area contributed by atoms with Crippen LogP contribution >= 0.6 is 0 Å². The molecule has 1 aliphatic heterocycles. The van der Waals surface area contributed by atoms with Crippen LogP contribution in [0.5, 0.6) is 0 Å². The highest BCUT2D eigenvalue weighted by molar-refractivity contribution is 5.78. The smallest absolute Gasteiger partial charge is 0.236 e. The third-order valence-corrected chi connectivity index (χ3v) is 4.36. The summed E-state index contributed by atoms with van der Waals surface area (Å²) in [4.78, 5) is 16.4. The SMILES string of the molecule is CCN(CC)C(=O)CN(C)C1CCNCc2ccccc21. The van der Waals surface area contributed by atoms with Gasteiger partial charge in [0.1, 0.15) is 0 Å². The van der Waals surface area contributed by atoms with Crippen molar-refractivity contribution in [3.8, 4) is 0 Å². The van der Waals surface area contributed by atoms with Gasteiger partial charge < -0.3 is 10.2 Å². The lowest BCUT2D eigenvalue weighted by Crippen LogP contribution is -2.40. The zero-order chi connectivity index (χ0) is 15.2. The van der Waals surface area contributed by atoms with Gasteiger partial charge in [0.2, 0.25) is 5.91 Å². The van der Waals surface area contributed by atoms with E-state index in [1.807, 2.05) is 18.7 Å². The Bertz CT molecular complexity index is 471. The molecule has 0 aromatic heterocycles. The van der Waals surface area contributed by atoms with Crippen molar-refractivity contribution in [1.82, 2.24) is 15.1 Å². The molecule has 0 saturated heterocycles. The fourth-order valence-corrected chi connectivity index (χ4v) is 3.10. The Morgan fingerprint density at radius 1 is 1.29 bits per heavy atom. The predicted octanol–water partition coefficient (Wildman–Crippen LogP) is 2.02. The third kappa shape index (κ3) is 3.83. The van der Waals surface area contributed by atoms with Gasteiger partial charge in [0.25, 0.3) is 0 Å². The lowest BCUT2D eigenvalue weighted by atomic mass is 9.98. The molecule has 1 atom stereocenters. The fourth-order valence-electron chi connectivity index (χ4n) is 3.10. The van der Waals surface area contributed by atoms with Crippen LogP contribution in [0.1, 0.15) is 37.4 Å². The summed E-state index contributed by atoms with van der Waals surface area (Å²) in [7, 11) is 2.06. The fraction of sp³-hybridized carbons (Fsp3) is 0.588. The summed E-state index contributed by atoms with van der Waals surface area (Å²) in [6.07, 6.45) is 1.04. The number of hydrogen-bond acceptors (Lipinski definition) is 3. The lowest BCUT2D eigenvalue weighted by molar-refractivity contribution is -0.132. The lowest BCUT2D eigenvalue weighted by Gasteiger charge is -2.30. The monoisotopic (exact) mass is 289 g/mol. The average Bonchev–Trinajstić information content (AvgIpc) is 2.70. The topological polar surface area (TPSA) is 35.6 Å². The highest BCUT2D eigenvalue weighted by Crippen LogP contribution is 2.28. The minimum atomic E-state index is 0.220.